The maximum absolute atomic E-state index is 11.5. The van der Waals surface area contributed by atoms with E-state index >= 15 is 0 Å². The monoisotopic (exact) mass is 206 g/mol. The Labute approximate surface area is 73.7 Å². The molecule has 0 fully saturated rings. The van der Waals surface area contributed by atoms with Gasteiger partial charge in [0.1, 0.15) is 0 Å². The number of hydrogen-bond donors (Lipinski definition) is 2. The molecule has 0 aromatic carbocycles. The number of nitrogens with two attached hydrogens (primary N) is 2. The van der Waals surface area contributed by atoms with E-state index in [1.165, 1.54) is 0 Å². The van der Waals surface area contributed by atoms with Crippen molar-refractivity contribution in [2.75, 3.05) is 0 Å². The summed E-state index contributed by atoms with van der Waals surface area (Å²) in [5, 5.41) is 0. The fourth-order valence-corrected chi connectivity index (χ4v) is 0.461. The van der Waals surface area contributed by atoms with Gasteiger partial charge in [0.25, 0.3) is 0 Å². The van der Waals surface area contributed by atoms with Crippen molar-refractivity contribution in [1.82, 2.24) is 0 Å². The van der Waals surface area contributed by atoms with Crippen LogP contribution in [-0.4, -0.2) is 18.1 Å². The van der Waals surface area contributed by atoms with Crippen LogP contribution in [0.25, 0.3) is 0 Å². The quantitative estimate of drug-likeness (QED) is 0.709. The lowest BCUT2D eigenvalue weighted by atomic mass is 10.1. The first-order valence-electron chi connectivity index (χ1n) is 2.94. The first kappa shape index (κ1) is 14.1. The largest absolute Gasteiger partial charge is 0.389 e. The molecule has 0 aliphatic carbocycles. The lowest BCUT2D eigenvalue weighted by Crippen LogP contribution is -2.37. The lowest BCUT2D eigenvalue weighted by molar-refractivity contribution is -0.137. The molecule has 1 atom stereocenters. The van der Waals surface area contributed by atoms with E-state index in [-0.39, 0.29) is 12.4 Å². The van der Waals surface area contributed by atoms with Crippen molar-refractivity contribution < 1.29 is 18.0 Å². The van der Waals surface area contributed by atoms with Crippen LogP contribution in [0.2, 0.25) is 0 Å². The summed E-state index contributed by atoms with van der Waals surface area (Å²) in [7, 11) is 0. The summed E-state index contributed by atoms with van der Waals surface area (Å²) in [5.41, 5.74) is 9.58. The Morgan fingerprint density at radius 2 is 1.83 bits per heavy atom. The van der Waals surface area contributed by atoms with Crippen molar-refractivity contribution in [2.24, 2.45) is 11.5 Å². The second-order valence-electron chi connectivity index (χ2n) is 2.16. The SMILES string of the molecule is Cl.NC(=O)[C@@H](N)CCC(F)(F)F. The summed E-state index contributed by atoms with van der Waals surface area (Å²) >= 11 is 0. The Morgan fingerprint density at radius 1 is 1.42 bits per heavy atom. The number of primary amides is 1. The molecule has 0 saturated carbocycles. The molecular weight excluding hydrogens is 197 g/mol. The Bertz CT molecular complexity index is 150. The predicted molar refractivity (Wildman–Crippen MR) is 39.7 cm³/mol. The van der Waals surface area contributed by atoms with Gasteiger partial charge in [-0.05, 0) is 6.42 Å². The molecular formula is C5H10ClF3N2O. The minimum absolute atomic E-state index is 0. The predicted octanol–water partition coefficient (Wildman–Crippen LogP) is 0.563. The van der Waals surface area contributed by atoms with E-state index in [9.17, 15) is 18.0 Å². The number of alkyl halides is 3. The van der Waals surface area contributed by atoms with Gasteiger partial charge in [-0.2, -0.15) is 13.2 Å². The van der Waals surface area contributed by atoms with Crippen molar-refractivity contribution in [3.05, 3.63) is 0 Å². The highest BCUT2D eigenvalue weighted by Crippen LogP contribution is 2.21. The highest BCUT2D eigenvalue weighted by atomic mass is 35.5. The summed E-state index contributed by atoms with van der Waals surface area (Å²) < 4.78 is 34.4. The third-order valence-electron chi connectivity index (χ3n) is 1.10. The zero-order valence-electron chi connectivity index (χ0n) is 6.10. The van der Waals surface area contributed by atoms with E-state index < -0.39 is 31.0 Å². The van der Waals surface area contributed by atoms with Gasteiger partial charge >= 0.3 is 6.18 Å². The van der Waals surface area contributed by atoms with Gasteiger partial charge in [-0.25, -0.2) is 0 Å². The molecule has 7 heteroatoms. The molecule has 0 aliphatic rings. The number of hydrogen-bond acceptors (Lipinski definition) is 2. The highest BCUT2D eigenvalue weighted by molar-refractivity contribution is 5.85. The molecule has 0 aromatic heterocycles. The third-order valence-corrected chi connectivity index (χ3v) is 1.10. The molecule has 74 valence electrons. The molecule has 0 unspecified atom stereocenters. The minimum Gasteiger partial charge on any atom is -0.368 e. The molecule has 0 spiro atoms. The molecule has 0 aromatic rings. The summed E-state index contributed by atoms with van der Waals surface area (Å²) in [4.78, 5) is 10.1. The molecule has 12 heavy (non-hydrogen) atoms. The Morgan fingerprint density at radius 3 is 2.08 bits per heavy atom. The normalized spacial score (nSPS) is 13.3. The van der Waals surface area contributed by atoms with Crippen LogP contribution in [0, 0.1) is 0 Å². The van der Waals surface area contributed by atoms with Gasteiger partial charge in [-0.3, -0.25) is 4.79 Å². The molecule has 0 saturated heterocycles. The minimum atomic E-state index is -4.27. The Hall–Kier alpha value is -0.490. The average molecular weight is 207 g/mol. The Kier molecular flexibility index (Phi) is 6.10. The van der Waals surface area contributed by atoms with Crippen molar-refractivity contribution in [1.29, 1.82) is 0 Å². The molecule has 0 aliphatic heterocycles. The van der Waals surface area contributed by atoms with Crippen LogP contribution in [0.1, 0.15) is 12.8 Å². The van der Waals surface area contributed by atoms with Gasteiger partial charge in [-0.1, -0.05) is 0 Å². The lowest BCUT2D eigenvalue weighted by Gasteiger charge is -2.08. The second-order valence-corrected chi connectivity index (χ2v) is 2.16. The molecule has 0 bridgehead atoms. The molecule has 0 heterocycles. The van der Waals surface area contributed by atoms with E-state index in [2.05, 4.69) is 5.73 Å². The van der Waals surface area contributed by atoms with Crippen LogP contribution in [0.3, 0.4) is 0 Å². The van der Waals surface area contributed by atoms with E-state index in [0.29, 0.717) is 0 Å². The van der Waals surface area contributed by atoms with Crippen LogP contribution < -0.4 is 11.5 Å². The summed E-state index contributed by atoms with van der Waals surface area (Å²) in [6.07, 6.45) is -5.79. The van der Waals surface area contributed by atoms with Crippen LogP contribution in [-0.2, 0) is 4.79 Å². The van der Waals surface area contributed by atoms with Gasteiger partial charge in [0.05, 0.1) is 6.04 Å². The van der Waals surface area contributed by atoms with Gasteiger partial charge in [0.15, 0.2) is 0 Å². The maximum Gasteiger partial charge on any atom is 0.389 e. The smallest absolute Gasteiger partial charge is 0.368 e. The second kappa shape index (κ2) is 5.21. The van der Waals surface area contributed by atoms with Crippen LogP contribution in [0.15, 0.2) is 0 Å². The van der Waals surface area contributed by atoms with Crippen LogP contribution in [0.5, 0.6) is 0 Å². The first-order chi connectivity index (χ1) is 4.83. The Balaban J connectivity index is 0. The summed E-state index contributed by atoms with van der Waals surface area (Å²) in [5.74, 6) is -0.908. The van der Waals surface area contributed by atoms with Crippen molar-refractivity contribution in [2.45, 2.75) is 25.1 Å². The van der Waals surface area contributed by atoms with Gasteiger partial charge in [-0.15, -0.1) is 12.4 Å². The number of halogens is 4. The van der Waals surface area contributed by atoms with Gasteiger partial charge < -0.3 is 11.5 Å². The highest BCUT2D eigenvalue weighted by Gasteiger charge is 2.28. The van der Waals surface area contributed by atoms with Crippen molar-refractivity contribution >= 4 is 18.3 Å². The van der Waals surface area contributed by atoms with E-state index in [1.54, 1.807) is 0 Å². The molecule has 0 radical (unpaired) electrons. The fourth-order valence-electron chi connectivity index (χ4n) is 0.461. The molecule has 1 amide bonds. The van der Waals surface area contributed by atoms with Crippen LogP contribution >= 0.6 is 12.4 Å². The van der Waals surface area contributed by atoms with Gasteiger partial charge in [0, 0.05) is 6.42 Å². The molecule has 0 rings (SSSR count). The van der Waals surface area contributed by atoms with Crippen molar-refractivity contribution in [3.8, 4) is 0 Å². The number of carbonyl (C=O) groups excluding carboxylic acids is 1. The number of amides is 1. The van der Waals surface area contributed by atoms with Gasteiger partial charge in [0.2, 0.25) is 5.91 Å². The standard InChI is InChI=1S/C5H9F3N2O.ClH/c6-5(7,8)2-1-3(9)4(10)11;/h3H,1-2,9H2,(H2,10,11);1H/t3-;/m0./s1. The average Bonchev–Trinajstić information content (AvgIpc) is 1.80. The van der Waals surface area contributed by atoms with Crippen molar-refractivity contribution in [3.63, 3.8) is 0 Å². The fraction of sp³-hybridized carbons (Fsp3) is 0.800. The zero-order chi connectivity index (χ0) is 9.07. The maximum atomic E-state index is 11.5. The van der Waals surface area contributed by atoms with E-state index in [4.69, 9.17) is 5.73 Å². The number of rotatable bonds is 3. The topological polar surface area (TPSA) is 69.1 Å². The van der Waals surface area contributed by atoms with Crippen LogP contribution in [0.4, 0.5) is 13.2 Å². The summed E-state index contributed by atoms with van der Waals surface area (Å²) in [6.45, 7) is 0. The van der Waals surface area contributed by atoms with E-state index in [0.717, 1.165) is 0 Å². The molecule has 3 nitrogen and oxygen atoms in total. The first-order valence-corrected chi connectivity index (χ1v) is 2.94. The van der Waals surface area contributed by atoms with E-state index in [1.807, 2.05) is 0 Å². The number of carbonyl (C=O) groups is 1. The summed E-state index contributed by atoms with van der Waals surface area (Å²) in [6, 6.07) is -1.20. The molecule has 4 N–H and O–H groups in total. The third kappa shape index (κ3) is 7.62. The zero-order valence-corrected chi connectivity index (χ0v) is 6.91.